The molecule has 0 bridgehead atoms. The van der Waals surface area contributed by atoms with E-state index in [1.807, 2.05) is 6.07 Å². The smallest absolute Gasteiger partial charge is 0.151 e. The molecule has 0 radical (unpaired) electrons. The number of hydrogen-bond donors (Lipinski definition) is 1. The number of sulfone groups is 1. The Labute approximate surface area is 129 Å². The number of benzene rings is 1. The second-order valence-corrected chi connectivity index (χ2v) is 7.85. The quantitative estimate of drug-likeness (QED) is 0.888. The van der Waals surface area contributed by atoms with Crippen molar-refractivity contribution in [1.82, 2.24) is 5.32 Å². The average Bonchev–Trinajstić information content (AvgIpc) is 2.92. The molecular formula is C14H17ClN2O3S. The minimum atomic E-state index is -3.15. The van der Waals surface area contributed by atoms with Crippen molar-refractivity contribution in [2.24, 2.45) is 5.92 Å². The molecule has 1 unspecified atom stereocenters. The molecule has 0 amide bonds. The van der Waals surface area contributed by atoms with Gasteiger partial charge < -0.3 is 10.1 Å². The molecule has 0 spiro atoms. The van der Waals surface area contributed by atoms with E-state index in [1.54, 1.807) is 18.2 Å². The number of hydrogen-bond acceptors (Lipinski definition) is 5. The van der Waals surface area contributed by atoms with Gasteiger partial charge in [0.25, 0.3) is 0 Å². The van der Waals surface area contributed by atoms with E-state index in [-0.39, 0.29) is 11.7 Å². The normalized spacial score (nSPS) is 20.0. The van der Waals surface area contributed by atoms with Crippen LogP contribution in [0.5, 0.6) is 5.75 Å². The van der Waals surface area contributed by atoms with Gasteiger partial charge >= 0.3 is 0 Å². The molecule has 5 nitrogen and oxygen atoms in total. The summed E-state index contributed by atoms with van der Waals surface area (Å²) in [5.74, 6) is 0.571. The summed E-state index contributed by atoms with van der Waals surface area (Å²) in [5.41, 5.74) is 0.316. The highest BCUT2D eigenvalue weighted by Crippen LogP contribution is 2.25. The summed E-state index contributed by atoms with van der Waals surface area (Å²) in [4.78, 5) is 0. The summed E-state index contributed by atoms with van der Waals surface area (Å²) in [6, 6.07) is 6.76. The van der Waals surface area contributed by atoms with Crippen molar-refractivity contribution in [3.8, 4) is 11.8 Å². The molecule has 1 saturated heterocycles. The van der Waals surface area contributed by atoms with Crippen LogP contribution in [-0.4, -0.2) is 39.6 Å². The lowest BCUT2D eigenvalue weighted by atomic mass is 10.0. The van der Waals surface area contributed by atoms with Crippen LogP contribution in [0.1, 0.15) is 12.0 Å². The third-order valence-corrected chi connectivity index (χ3v) is 4.70. The van der Waals surface area contributed by atoms with Gasteiger partial charge in [0.15, 0.2) is 9.84 Å². The summed E-state index contributed by atoms with van der Waals surface area (Å²) in [6.07, 6.45) is 1.65. The van der Waals surface area contributed by atoms with E-state index >= 15 is 0 Å². The molecule has 1 N–H and O–H groups in total. The first-order valence-corrected chi connectivity index (χ1v) is 9.07. The van der Waals surface area contributed by atoms with Gasteiger partial charge in [-0.1, -0.05) is 11.6 Å². The second kappa shape index (κ2) is 6.65. The topological polar surface area (TPSA) is 79.2 Å². The van der Waals surface area contributed by atoms with Crippen LogP contribution < -0.4 is 10.1 Å². The Morgan fingerprint density at radius 2 is 2.33 bits per heavy atom. The standard InChI is InChI=1S/C14H17ClN2O3S/c1-21(18,19)9-14(10-4-5-17-8-10)20-12-2-3-13(15)11(6-12)7-16/h2-3,6,10,14,17H,4-5,8-9H2,1H3/t10?,14-/m0/s1. The molecule has 1 aromatic carbocycles. The largest absolute Gasteiger partial charge is 0.489 e. The highest BCUT2D eigenvalue weighted by molar-refractivity contribution is 7.90. The average molecular weight is 329 g/mol. The first-order valence-electron chi connectivity index (χ1n) is 6.64. The first-order chi connectivity index (χ1) is 9.89. The lowest BCUT2D eigenvalue weighted by molar-refractivity contribution is 0.163. The van der Waals surface area contributed by atoms with Crippen LogP contribution >= 0.6 is 11.6 Å². The van der Waals surface area contributed by atoms with E-state index in [1.165, 1.54) is 6.26 Å². The maximum absolute atomic E-state index is 11.6. The minimum absolute atomic E-state index is 0.0378. The van der Waals surface area contributed by atoms with Crippen molar-refractivity contribution in [2.45, 2.75) is 12.5 Å². The predicted molar refractivity (Wildman–Crippen MR) is 81.3 cm³/mol. The number of halogens is 1. The van der Waals surface area contributed by atoms with Crippen LogP contribution in [0.15, 0.2) is 18.2 Å². The first kappa shape index (κ1) is 16.1. The van der Waals surface area contributed by atoms with Gasteiger partial charge in [0.1, 0.15) is 17.9 Å². The predicted octanol–water partition coefficient (Wildman–Crippen LogP) is 1.61. The lowest BCUT2D eigenvalue weighted by Gasteiger charge is -2.23. The molecule has 1 heterocycles. The number of nitrogens with one attached hydrogen (secondary N) is 1. The van der Waals surface area contributed by atoms with Crippen LogP contribution in [0.2, 0.25) is 5.02 Å². The molecule has 1 aliphatic heterocycles. The highest BCUT2D eigenvalue weighted by Gasteiger charge is 2.29. The van der Waals surface area contributed by atoms with Crippen molar-refractivity contribution < 1.29 is 13.2 Å². The number of nitriles is 1. The molecule has 1 aromatic rings. The van der Waals surface area contributed by atoms with Crippen LogP contribution in [-0.2, 0) is 9.84 Å². The number of rotatable bonds is 5. The van der Waals surface area contributed by atoms with Crippen molar-refractivity contribution in [3.05, 3.63) is 28.8 Å². The zero-order chi connectivity index (χ0) is 15.5. The van der Waals surface area contributed by atoms with Gasteiger partial charge in [-0.25, -0.2) is 8.42 Å². The van der Waals surface area contributed by atoms with E-state index in [4.69, 9.17) is 21.6 Å². The fourth-order valence-electron chi connectivity index (χ4n) is 2.40. The van der Waals surface area contributed by atoms with Crippen LogP contribution in [0.3, 0.4) is 0 Å². The van der Waals surface area contributed by atoms with Crippen LogP contribution in [0.25, 0.3) is 0 Å². The summed E-state index contributed by atoms with van der Waals surface area (Å²) in [7, 11) is -3.15. The van der Waals surface area contributed by atoms with Crippen molar-refractivity contribution >= 4 is 21.4 Å². The third kappa shape index (κ3) is 4.60. The molecule has 0 aromatic heterocycles. The monoisotopic (exact) mass is 328 g/mol. The summed E-state index contributed by atoms with van der Waals surface area (Å²) in [6.45, 7) is 1.59. The van der Waals surface area contributed by atoms with Gasteiger partial charge in [0.2, 0.25) is 0 Å². The Morgan fingerprint density at radius 3 is 2.90 bits per heavy atom. The summed E-state index contributed by atoms with van der Waals surface area (Å²) >= 11 is 5.88. The van der Waals surface area contributed by atoms with Gasteiger partial charge in [-0.2, -0.15) is 5.26 Å². The molecule has 114 valence electrons. The Kier molecular flexibility index (Phi) is 5.09. The van der Waals surface area contributed by atoms with Gasteiger partial charge in [0.05, 0.1) is 16.3 Å². The fourth-order valence-corrected chi connectivity index (χ4v) is 3.49. The molecule has 2 rings (SSSR count). The maximum Gasteiger partial charge on any atom is 0.151 e. The minimum Gasteiger partial charge on any atom is -0.489 e. The van der Waals surface area contributed by atoms with Crippen molar-refractivity contribution in [1.29, 1.82) is 5.26 Å². The van der Waals surface area contributed by atoms with Crippen LogP contribution in [0.4, 0.5) is 0 Å². The zero-order valence-corrected chi connectivity index (χ0v) is 13.2. The van der Waals surface area contributed by atoms with E-state index < -0.39 is 15.9 Å². The van der Waals surface area contributed by atoms with Gasteiger partial charge in [-0.3, -0.25) is 0 Å². The molecule has 0 aliphatic carbocycles. The Bertz CT molecular complexity index is 649. The molecule has 0 saturated carbocycles. The number of ether oxygens (including phenoxy) is 1. The van der Waals surface area contributed by atoms with Crippen LogP contribution in [0, 0.1) is 17.2 Å². The summed E-state index contributed by atoms with van der Waals surface area (Å²) < 4.78 is 29.0. The molecular weight excluding hydrogens is 312 g/mol. The van der Waals surface area contributed by atoms with Crippen molar-refractivity contribution in [3.63, 3.8) is 0 Å². The Morgan fingerprint density at radius 1 is 1.57 bits per heavy atom. The highest BCUT2D eigenvalue weighted by atomic mass is 35.5. The fraction of sp³-hybridized carbons (Fsp3) is 0.500. The van der Waals surface area contributed by atoms with Crippen molar-refractivity contribution in [2.75, 3.05) is 25.1 Å². The molecule has 7 heteroatoms. The Hall–Kier alpha value is -1.29. The second-order valence-electron chi connectivity index (χ2n) is 5.26. The summed E-state index contributed by atoms with van der Waals surface area (Å²) in [5, 5.41) is 12.5. The zero-order valence-electron chi connectivity index (χ0n) is 11.7. The van der Waals surface area contributed by atoms with Gasteiger partial charge in [-0.05, 0) is 31.2 Å². The van der Waals surface area contributed by atoms with E-state index in [2.05, 4.69) is 5.32 Å². The molecule has 2 atom stereocenters. The van der Waals surface area contributed by atoms with E-state index in [0.29, 0.717) is 16.3 Å². The van der Waals surface area contributed by atoms with Gasteiger partial charge in [-0.15, -0.1) is 0 Å². The number of nitrogens with zero attached hydrogens (tertiary/aromatic N) is 1. The van der Waals surface area contributed by atoms with E-state index in [9.17, 15) is 8.42 Å². The van der Waals surface area contributed by atoms with Gasteiger partial charge in [0, 0.05) is 18.7 Å². The maximum atomic E-state index is 11.6. The molecule has 1 fully saturated rings. The third-order valence-electron chi connectivity index (χ3n) is 3.44. The Balaban J connectivity index is 2.20. The molecule has 1 aliphatic rings. The van der Waals surface area contributed by atoms with E-state index in [0.717, 1.165) is 19.5 Å². The SMILES string of the molecule is CS(=O)(=O)C[C@H](Oc1ccc(Cl)c(C#N)c1)C1CCNC1. The molecule has 21 heavy (non-hydrogen) atoms. The lowest BCUT2D eigenvalue weighted by Crippen LogP contribution is -2.35.